The molecular formula is C61H37NS. The highest BCUT2D eigenvalue weighted by Crippen LogP contribution is 2.65. The van der Waals surface area contributed by atoms with Gasteiger partial charge in [0.1, 0.15) is 0 Å². The Morgan fingerprint density at radius 2 is 0.778 bits per heavy atom. The average molecular weight is 816 g/mol. The zero-order valence-corrected chi connectivity index (χ0v) is 35.0. The van der Waals surface area contributed by atoms with Crippen molar-refractivity contribution in [1.82, 2.24) is 0 Å². The van der Waals surface area contributed by atoms with E-state index >= 15 is 0 Å². The molecule has 0 radical (unpaired) electrons. The number of rotatable bonds is 4. The van der Waals surface area contributed by atoms with E-state index in [1.54, 1.807) is 0 Å². The molecule has 2 aliphatic carbocycles. The molecule has 292 valence electrons. The first kappa shape index (κ1) is 34.9. The fraction of sp³-hybridized carbons (Fsp3) is 0.0164. The molecule has 1 aromatic heterocycles. The van der Waals surface area contributed by atoms with Crippen molar-refractivity contribution in [3.63, 3.8) is 0 Å². The summed E-state index contributed by atoms with van der Waals surface area (Å²) >= 11 is 1.88. The number of thiophene rings is 1. The van der Waals surface area contributed by atoms with Crippen molar-refractivity contribution in [2.75, 3.05) is 4.90 Å². The first-order valence-corrected chi connectivity index (χ1v) is 22.7. The van der Waals surface area contributed by atoms with Gasteiger partial charge >= 0.3 is 0 Å². The highest BCUT2D eigenvalue weighted by molar-refractivity contribution is 7.25. The zero-order chi connectivity index (χ0) is 41.2. The number of hydrogen-bond donors (Lipinski definition) is 0. The van der Waals surface area contributed by atoms with Gasteiger partial charge in [0.25, 0.3) is 0 Å². The smallest absolute Gasteiger partial charge is 0.0726 e. The lowest BCUT2D eigenvalue weighted by Crippen LogP contribution is -2.26. The topological polar surface area (TPSA) is 3.24 Å². The lowest BCUT2D eigenvalue weighted by atomic mass is 9.70. The minimum absolute atomic E-state index is 0.453. The van der Waals surface area contributed by atoms with Crippen molar-refractivity contribution in [1.29, 1.82) is 0 Å². The van der Waals surface area contributed by atoms with E-state index in [0.717, 1.165) is 11.4 Å². The van der Waals surface area contributed by atoms with Crippen molar-refractivity contribution in [2.45, 2.75) is 5.41 Å². The van der Waals surface area contributed by atoms with Crippen LogP contribution in [-0.2, 0) is 5.41 Å². The third kappa shape index (κ3) is 4.71. The summed E-state index contributed by atoms with van der Waals surface area (Å²) in [4.78, 5) is 2.56. The predicted octanol–water partition coefficient (Wildman–Crippen LogP) is 17.0. The van der Waals surface area contributed by atoms with E-state index in [-0.39, 0.29) is 0 Å². The summed E-state index contributed by atoms with van der Waals surface area (Å²) in [5.41, 5.74) is 15.9. The summed E-state index contributed by atoms with van der Waals surface area (Å²) in [7, 11) is 0. The van der Waals surface area contributed by atoms with Gasteiger partial charge in [0.2, 0.25) is 0 Å². The van der Waals surface area contributed by atoms with Crippen molar-refractivity contribution in [2.24, 2.45) is 0 Å². The van der Waals surface area contributed by atoms with Crippen LogP contribution in [0, 0.1) is 0 Å². The van der Waals surface area contributed by atoms with Gasteiger partial charge in [0.05, 0.1) is 16.8 Å². The molecule has 0 saturated heterocycles. The minimum Gasteiger partial charge on any atom is -0.309 e. The second-order valence-electron chi connectivity index (χ2n) is 17.1. The Kier molecular flexibility index (Phi) is 7.26. The first-order valence-electron chi connectivity index (χ1n) is 21.8. The Bertz CT molecular complexity index is 3810. The first-order chi connectivity index (χ1) is 31.3. The molecular weight excluding hydrogens is 779 g/mol. The van der Waals surface area contributed by atoms with Crippen LogP contribution in [0.5, 0.6) is 0 Å². The molecule has 0 saturated carbocycles. The van der Waals surface area contributed by atoms with Crippen molar-refractivity contribution in [3.05, 3.63) is 247 Å². The van der Waals surface area contributed by atoms with Gasteiger partial charge in [-0.05, 0) is 113 Å². The molecule has 0 aliphatic heterocycles. The lowest BCUT2D eigenvalue weighted by Gasteiger charge is -2.32. The van der Waals surface area contributed by atoms with E-state index in [2.05, 4.69) is 229 Å². The minimum atomic E-state index is -0.453. The van der Waals surface area contributed by atoms with Gasteiger partial charge in [0.15, 0.2) is 0 Å². The monoisotopic (exact) mass is 815 g/mol. The Labute approximate surface area is 369 Å². The van der Waals surface area contributed by atoms with Crippen molar-refractivity contribution in [3.8, 4) is 33.4 Å². The number of benzene rings is 11. The van der Waals surface area contributed by atoms with Gasteiger partial charge in [-0.3, -0.25) is 0 Å². The predicted molar refractivity (Wildman–Crippen MR) is 268 cm³/mol. The summed E-state index contributed by atoms with van der Waals surface area (Å²) in [6.45, 7) is 0. The molecule has 0 bridgehead atoms. The highest BCUT2D eigenvalue weighted by atomic mass is 32.1. The van der Waals surface area contributed by atoms with E-state index in [9.17, 15) is 0 Å². The molecule has 63 heavy (non-hydrogen) atoms. The fourth-order valence-electron chi connectivity index (χ4n) is 11.6. The fourth-order valence-corrected chi connectivity index (χ4v) is 12.7. The number of hydrogen-bond acceptors (Lipinski definition) is 2. The van der Waals surface area contributed by atoms with E-state index in [4.69, 9.17) is 0 Å². The van der Waals surface area contributed by atoms with E-state index in [0.29, 0.717) is 0 Å². The third-order valence-electron chi connectivity index (χ3n) is 14.1. The SMILES string of the molecule is c1ccc(N(c2ccc3c4ccccc4c4ccccc4c3c2)c2cccc3c2-c2ccccc2C32c3ccccc3-c3ccccc32)c(-c2ccc3c(c2)sc2ccccc23)c1. The van der Waals surface area contributed by atoms with Crippen LogP contribution in [0.15, 0.2) is 224 Å². The molecule has 2 aliphatic rings. The van der Waals surface area contributed by atoms with Crippen LogP contribution in [0.3, 0.4) is 0 Å². The van der Waals surface area contributed by atoms with Gasteiger partial charge in [-0.2, -0.15) is 0 Å². The van der Waals surface area contributed by atoms with Gasteiger partial charge in [0, 0.05) is 37.0 Å². The van der Waals surface area contributed by atoms with Crippen LogP contribution in [0.1, 0.15) is 22.3 Å². The van der Waals surface area contributed by atoms with Gasteiger partial charge in [-0.15, -0.1) is 11.3 Å². The maximum atomic E-state index is 2.56. The molecule has 11 aromatic carbocycles. The molecule has 14 rings (SSSR count). The molecule has 1 heterocycles. The normalized spacial score (nSPS) is 13.2. The second-order valence-corrected chi connectivity index (χ2v) is 18.2. The molecule has 0 atom stereocenters. The number of para-hydroxylation sites is 1. The number of fused-ring (bicyclic) bond motifs is 19. The quantitative estimate of drug-likeness (QED) is 0.160. The molecule has 0 N–H and O–H groups in total. The molecule has 1 spiro atoms. The highest BCUT2D eigenvalue weighted by Gasteiger charge is 2.52. The lowest BCUT2D eigenvalue weighted by molar-refractivity contribution is 0.794. The Balaban J connectivity index is 1.09. The van der Waals surface area contributed by atoms with Crippen LogP contribution < -0.4 is 4.90 Å². The maximum absolute atomic E-state index is 2.56. The van der Waals surface area contributed by atoms with Gasteiger partial charge in [-0.1, -0.05) is 188 Å². The Morgan fingerprint density at radius 1 is 0.302 bits per heavy atom. The summed E-state index contributed by atoms with van der Waals surface area (Å²) in [5, 5.41) is 10.2. The molecule has 2 heteroatoms. The maximum Gasteiger partial charge on any atom is 0.0726 e. The summed E-state index contributed by atoms with van der Waals surface area (Å²) in [5.74, 6) is 0. The molecule has 12 aromatic rings. The summed E-state index contributed by atoms with van der Waals surface area (Å²) in [6, 6.07) is 84.2. The number of nitrogens with zero attached hydrogens (tertiary/aromatic N) is 1. The van der Waals surface area contributed by atoms with E-state index in [1.165, 1.54) is 114 Å². The summed E-state index contributed by atoms with van der Waals surface area (Å²) in [6.07, 6.45) is 0. The van der Waals surface area contributed by atoms with Crippen molar-refractivity contribution >= 4 is 80.9 Å². The van der Waals surface area contributed by atoms with Crippen LogP contribution >= 0.6 is 11.3 Å². The Hall–Kier alpha value is -7.78. The largest absolute Gasteiger partial charge is 0.309 e. The van der Waals surface area contributed by atoms with Crippen LogP contribution in [0.25, 0.3) is 85.9 Å². The Morgan fingerprint density at radius 3 is 1.48 bits per heavy atom. The zero-order valence-electron chi connectivity index (χ0n) is 34.2. The second kappa shape index (κ2) is 13.1. The van der Waals surface area contributed by atoms with Crippen LogP contribution in [-0.4, -0.2) is 0 Å². The van der Waals surface area contributed by atoms with E-state index in [1.807, 2.05) is 11.3 Å². The number of anilines is 3. The summed E-state index contributed by atoms with van der Waals surface area (Å²) < 4.78 is 2.62. The standard InChI is InChI=1S/C61H37NS/c1-2-19-43-41(17-1)42-18-3-4-20-44(42)51-37-39(33-35-45(43)51)62(56-29-13-8-16-40(56)38-32-34-49-48-23-9-14-31-58(48)63-59(49)36-38)57-30-15-28-55-60(57)50-24-7-12-27-54(50)61(55)52-25-10-5-21-46(52)47-22-6-11-26-53(47)61/h1-37H. The molecule has 0 unspecified atom stereocenters. The van der Waals surface area contributed by atoms with Crippen LogP contribution in [0.4, 0.5) is 17.1 Å². The third-order valence-corrected chi connectivity index (χ3v) is 15.2. The molecule has 0 amide bonds. The molecule has 1 nitrogen and oxygen atoms in total. The van der Waals surface area contributed by atoms with E-state index < -0.39 is 5.41 Å². The van der Waals surface area contributed by atoms with Crippen LogP contribution in [0.2, 0.25) is 0 Å². The van der Waals surface area contributed by atoms with Gasteiger partial charge < -0.3 is 4.90 Å². The average Bonchev–Trinajstić information content (AvgIpc) is 3.98. The van der Waals surface area contributed by atoms with Crippen molar-refractivity contribution < 1.29 is 0 Å². The van der Waals surface area contributed by atoms with Gasteiger partial charge in [-0.25, -0.2) is 0 Å². The molecule has 0 fully saturated rings.